The molecule has 3 aliphatic carbocycles. The number of benzene rings is 9. The molecule has 0 atom stereocenters. The molecule has 0 fully saturated rings. The van der Waals surface area contributed by atoms with Gasteiger partial charge < -0.3 is 4.90 Å². The molecule has 9 aromatic rings. The highest BCUT2D eigenvalue weighted by Crippen LogP contribution is 2.55. The van der Waals surface area contributed by atoms with Crippen LogP contribution in [0, 0.1) is 0 Å². The topological polar surface area (TPSA) is 3.24 Å². The summed E-state index contributed by atoms with van der Waals surface area (Å²) in [6, 6.07) is 75.2. The monoisotopic (exact) mass is 821 g/mol. The molecule has 0 saturated carbocycles. The van der Waals surface area contributed by atoms with Gasteiger partial charge in [-0.25, -0.2) is 0 Å². The van der Waals surface area contributed by atoms with Gasteiger partial charge in [-0.3, -0.25) is 0 Å². The van der Waals surface area contributed by atoms with Gasteiger partial charge in [0.2, 0.25) is 0 Å². The van der Waals surface area contributed by atoms with E-state index < -0.39 is 0 Å². The van der Waals surface area contributed by atoms with Gasteiger partial charge in [0.1, 0.15) is 0 Å². The predicted molar refractivity (Wildman–Crippen MR) is 270 cm³/mol. The average Bonchev–Trinajstić information content (AvgIpc) is 3.82. The second-order valence-electron chi connectivity index (χ2n) is 19.7. The molecule has 0 aliphatic heterocycles. The molecule has 1 nitrogen and oxygen atoms in total. The first kappa shape index (κ1) is 38.5. The summed E-state index contributed by atoms with van der Waals surface area (Å²) in [6.07, 6.45) is 0. The van der Waals surface area contributed by atoms with Gasteiger partial charge in [0, 0.05) is 33.3 Å². The van der Waals surface area contributed by atoms with E-state index in [0.29, 0.717) is 0 Å². The number of anilines is 3. The van der Waals surface area contributed by atoms with Gasteiger partial charge in [-0.2, -0.15) is 0 Å². The lowest BCUT2D eigenvalue weighted by atomic mass is 9.81. The van der Waals surface area contributed by atoms with Crippen LogP contribution in [0.1, 0.15) is 74.9 Å². The van der Waals surface area contributed by atoms with Crippen molar-refractivity contribution in [1.82, 2.24) is 0 Å². The second kappa shape index (κ2) is 13.9. The molecular weight excluding hydrogens is 771 g/mol. The molecule has 0 radical (unpaired) electrons. The van der Waals surface area contributed by atoms with E-state index in [9.17, 15) is 0 Å². The maximum atomic E-state index is 2.45. The fourth-order valence-electron chi connectivity index (χ4n) is 11.7. The van der Waals surface area contributed by atoms with E-state index in [-0.39, 0.29) is 16.2 Å². The Hall–Kier alpha value is -7.22. The molecular formula is C63H51N. The summed E-state index contributed by atoms with van der Waals surface area (Å²) in [6.45, 7) is 14.2. The zero-order valence-electron chi connectivity index (χ0n) is 37.5. The molecule has 0 saturated heterocycles. The van der Waals surface area contributed by atoms with Crippen LogP contribution >= 0.6 is 0 Å². The van der Waals surface area contributed by atoms with Crippen LogP contribution < -0.4 is 4.90 Å². The van der Waals surface area contributed by atoms with Gasteiger partial charge in [0.25, 0.3) is 0 Å². The van der Waals surface area contributed by atoms with Crippen molar-refractivity contribution in [3.8, 4) is 66.8 Å². The number of hydrogen-bond donors (Lipinski definition) is 0. The third-order valence-electron chi connectivity index (χ3n) is 15.1. The number of rotatable bonds is 6. The minimum atomic E-state index is -0.0698. The summed E-state index contributed by atoms with van der Waals surface area (Å²) < 4.78 is 0. The van der Waals surface area contributed by atoms with Crippen molar-refractivity contribution in [3.05, 3.63) is 234 Å². The lowest BCUT2D eigenvalue weighted by molar-refractivity contribution is 0.660. The Balaban J connectivity index is 0.998. The molecule has 0 N–H and O–H groups in total. The first-order valence-electron chi connectivity index (χ1n) is 22.8. The van der Waals surface area contributed by atoms with Gasteiger partial charge in [0.05, 0.1) is 0 Å². The highest BCUT2D eigenvalue weighted by Gasteiger charge is 2.39. The average molecular weight is 822 g/mol. The molecule has 0 unspecified atom stereocenters. The van der Waals surface area contributed by atoms with Crippen LogP contribution in [-0.2, 0) is 16.2 Å². The standard InChI is InChI=1S/C63H51N/c1-61(2)54-27-11-8-22-51(54)59-47(24-15-29-56(59)61)42-17-13-19-45(37-42)64(44-34-31-40(32-35-44)41-33-36-50-49-21-7-10-26-53(49)63(5,6)58(50)39-41)46-20-14-18-43(38-46)48-25-16-30-57-60(48)52-23-9-12-28-55(52)62(57,3)4/h7-39H,1-6H3. The highest BCUT2D eigenvalue weighted by atomic mass is 15.1. The van der Waals surface area contributed by atoms with Crippen LogP contribution in [0.25, 0.3) is 66.8 Å². The molecule has 0 aromatic heterocycles. The summed E-state index contributed by atoms with van der Waals surface area (Å²) in [5, 5.41) is 0. The second-order valence-corrected chi connectivity index (χ2v) is 19.7. The Kier molecular flexibility index (Phi) is 8.35. The fraction of sp³-hybridized carbons (Fsp3) is 0.143. The van der Waals surface area contributed by atoms with Crippen LogP contribution in [0.3, 0.4) is 0 Å². The smallest absolute Gasteiger partial charge is 0.0467 e. The van der Waals surface area contributed by atoms with Gasteiger partial charge in [-0.15, -0.1) is 0 Å². The molecule has 12 rings (SSSR count). The van der Waals surface area contributed by atoms with Crippen LogP contribution in [0.5, 0.6) is 0 Å². The zero-order chi connectivity index (χ0) is 43.5. The molecule has 9 aromatic carbocycles. The van der Waals surface area contributed by atoms with E-state index in [2.05, 4.69) is 247 Å². The molecule has 0 bridgehead atoms. The molecule has 0 heterocycles. The Bertz CT molecular complexity index is 3210. The van der Waals surface area contributed by atoms with Crippen molar-refractivity contribution in [3.63, 3.8) is 0 Å². The normalized spacial score (nSPS) is 15.1. The van der Waals surface area contributed by atoms with E-state index in [4.69, 9.17) is 0 Å². The Labute approximate surface area is 378 Å². The van der Waals surface area contributed by atoms with Crippen LogP contribution in [0.15, 0.2) is 200 Å². The molecule has 64 heavy (non-hydrogen) atoms. The third-order valence-corrected chi connectivity index (χ3v) is 15.1. The summed E-state index contributed by atoms with van der Waals surface area (Å²) in [7, 11) is 0. The van der Waals surface area contributed by atoms with Crippen molar-refractivity contribution >= 4 is 17.1 Å². The van der Waals surface area contributed by atoms with Crippen LogP contribution in [0.2, 0.25) is 0 Å². The molecule has 3 aliphatic rings. The van der Waals surface area contributed by atoms with Gasteiger partial charge >= 0.3 is 0 Å². The van der Waals surface area contributed by atoms with E-state index in [0.717, 1.165) is 17.1 Å². The highest BCUT2D eigenvalue weighted by molar-refractivity contribution is 5.96. The zero-order valence-corrected chi connectivity index (χ0v) is 37.5. The van der Waals surface area contributed by atoms with Crippen molar-refractivity contribution < 1.29 is 0 Å². The fourth-order valence-corrected chi connectivity index (χ4v) is 11.7. The molecule has 308 valence electrons. The Morgan fingerprint density at radius 3 is 1.17 bits per heavy atom. The molecule has 0 amide bonds. The minimum Gasteiger partial charge on any atom is -0.310 e. The number of hydrogen-bond acceptors (Lipinski definition) is 1. The van der Waals surface area contributed by atoms with E-state index >= 15 is 0 Å². The van der Waals surface area contributed by atoms with Crippen molar-refractivity contribution in [1.29, 1.82) is 0 Å². The molecule has 1 heteroatoms. The van der Waals surface area contributed by atoms with Crippen LogP contribution in [-0.4, -0.2) is 0 Å². The van der Waals surface area contributed by atoms with Crippen molar-refractivity contribution in [2.45, 2.75) is 57.8 Å². The summed E-state index contributed by atoms with van der Waals surface area (Å²) in [5.41, 5.74) is 27.0. The molecule has 0 spiro atoms. The van der Waals surface area contributed by atoms with E-state index in [1.165, 1.54) is 100 Å². The lowest BCUT2D eigenvalue weighted by Crippen LogP contribution is -2.14. The quantitative estimate of drug-likeness (QED) is 0.161. The SMILES string of the molecule is CC1(C)c2ccccc2-c2ccc(-c3ccc(N(c4cccc(-c5cccc6c5-c5ccccc5C6(C)C)c4)c4cccc(-c5cccc6c5-c5ccccc5C6(C)C)c4)cc3)cc21. The Morgan fingerprint density at radius 1 is 0.250 bits per heavy atom. The maximum absolute atomic E-state index is 2.45. The third kappa shape index (κ3) is 5.56. The predicted octanol–water partition coefficient (Wildman–Crippen LogP) is 17.1. The van der Waals surface area contributed by atoms with Gasteiger partial charge in [-0.1, -0.05) is 199 Å². The minimum absolute atomic E-state index is 0.0535. The summed E-state index contributed by atoms with van der Waals surface area (Å²) in [5.74, 6) is 0. The van der Waals surface area contributed by atoms with Crippen LogP contribution in [0.4, 0.5) is 17.1 Å². The van der Waals surface area contributed by atoms with E-state index in [1.54, 1.807) is 0 Å². The summed E-state index contributed by atoms with van der Waals surface area (Å²) >= 11 is 0. The lowest BCUT2D eigenvalue weighted by Gasteiger charge is -2.27. The van der Waals surface area contributed by atoms with Gasteiger partial charge in [0.15, 0.2) is 0 Å². The largest absolute Gasteiger partial charge is 0.310 e. The van der Waals surface area contributed by atoms with Crippen molar-refractivity contribution in [2.24, 2.45) is 0 Å². The Morgan fingerprint density at radius 2 is 0.641 bits per heavy atom. The number of nitrogens with zero attached hydrogens (tertiary/aromatic N) is 1. The van der Waals surface area contributed by atoms with Gasteiger partial charge in [-0.05, 0) is 143 Å². The van der Waals surface area contributed by atoms with E-state index in [1.807, 2.05) is 0 Å². The first-order valence-corrected chi connectivity index (χ1v) is 22.8. The van der Waals surface area contributed by atoms with Crippen molar-refractivity contribution in [2.75, 3.05) is 4.90 Å². The number of fused-ring (bicyclic) bond motifs is 9. The maximum Gasteiger partial charge on any atom is 0.0467 e. The first-order chi connectivity index (χ1) is 31.0. The summed E-state index contributed by atoms with van der Waals surface area (Å²) in [4.78, 5) is 2.45.